The van der Waals surface area contributed by atoms with Gasteiger partial charge in [-0.2, -0.15) is 0 Å². The number of nitrogens with one attached hydrogen (secondary N) is 1. The van der Waals surface area contributed by atoms with Gasteiger partial charge < -0.3 is 0 Å². The quantitative estimate of drug-likeness (QED) is 0.763. The molecule has 1 fully saturated rings. The minimum absolute atomic E-state index is 0.0130. The maximum absolute atomic E-state index is 11.4. The molecule has 1 N–H and O–H groups in total. The largest absolute Gasteiger partial charge is 0.295 e. The lowest BCUT2D eigenvalue weighted by atomic mass is 10.1. The lowest BCUT2D eigenvalue weighted by molar-refractivity contribution is -0.121. The second-order valence-electron chi connectivity index (χ2n) is 4.09. The number of ketones is 1. The summed E-state index contributed by atoms with van der Waals surface area (Å²) in [6, 6.07) is 7.26. The first-order chi connectivity index (χ1) is 7.58. The van der Waals surface area contributed by atoms with E-state index in [1.807, 2.05) is 19.1 Å². The van der Waals surface area contributed by atoms with Crippen molar-refractivity contribution in [3.05, 3.63) is 29.8 Å². The van der Waals surface area contributed by atoms with Crippen LogP contribution in [0.1, 0.15) is 24.2 Å². The lowest BCUT2D eigenvalue weighted by Crippen LogP contribution is -2.33. The molecule has 1 aliphatic heterocycles. The van der Waals surface area contributed by atoms with Crippen molar-refractivity contribution < 1.29 is 9.59 Å². The molecule has 1 aromatic carbocycles. The van der Waals surface area contributed by atoms with Crippen molar-refractivity contribution in [2.75, 3.05) is 11.6 Å². The normalized spacial score (nSPS) is 19.8. The Kier molecular flexibility index (Phi) is 2.64. The van der Waals surface area contributed by atoms with Crippen LogP contribution in [0, 0.1) is 5.92 Å². The van der Waals surface area contributed by atoms with E-state index in [2.05, 4.69) is 5.43 Å². The molecular formula is C12H14N2O2. The third-order valence-corrected chi connectivity index (χ3v) is 2.71. The fourth-order valence-corrected chi connectivity index (χ4v) is 1.71. The number of hydrogen-bond acceptors (Lipinski definition) is 3. The molecule has 1 heterocycles. The SMILES string of the molecule is CC(=O)c1cccc(N2CC(C)C(=O)N2)c1. The van der Waals surface area contributed by atoms with Crippen molar-refractivity contribution in [2.45, 2.75) is 13.8 Å². The molecule has 0 saturated carbocycles. The first-order valence-corrected chi connectivity index (χ1v) is 5.27. The fourth-order valence-electron chi connectivity index (χ4n) is 1.71. The summed E-state index contributed by atoms with van der Waals surface area (Å²) in [4.78, 5) is 22.6. The molecule has 1 aromatic rings. The number of benzene rings is 1. The Hall–Kier alpha value is -1.84. The molecule has 4 nitrogen and oxygen atoms in total. The highest BCUT2D eigenvalue weighted by atomic mass is 16.2. The summed E-state index contributed by atoms with van der Waals surface area (Å²) in [5, 5.41) is 1.78. The van der Waals surface area contributed by atoms with Gasteiger partial charge in [0.15, 0.2) is 5.78 Å². The molecule has 0 bridgehead atoms. The lowest BCUT2D eigenvalue weighted by Gasteiger charge is -2.17. The summed E-state index contributed by atoms with van der Waals surface area (Å²) in [6.45, 7) is 4.05. The maximum atomic E-state index is 11.4. The number of carbonyl (C=O) groups excluding carboxylic acids is 2. The summed E-state index contributed by atoms with van der Waals surface area (Å²) in [6.07, 6.45) is 0. The topological polar surface area (TPSA) is 49.4 Å². The summed E-state index contributed by atoms with van der Waals surface area (Å²) >= 11 is 0. The molecule has 1 atom stereocenters. The first kappa shape index (κ1) is 10.7. The van der Waals surface area contributed by atoms with Crippen LogP contribution in [-0.4, -0.2) is 18.2 Å². The van der Waals surface area contributed by atoms with Crippen LogP contribution in [0.5, 0.6) is 0 Å². The van der Waals surface area contributed by atoms with Crippen LogP contribution in [0.2, 0.25) is 0 Å². The van der Waals surface area contributed by atoms with Crippen LogP contribution >= 0.6 is 0 Å². The molecule has 0 radical (unpaired) electrons. The Morgan fingerprint density at radius 1 is 1.50 bits per heavy atom. The maximum Gasteiger partial charge on any atom is 0.243 e. The molecule has 16 heavy (non-hydrogen) atoms. The van der Waals surface area contributed by atoms with Gasteiger partial charge in [0.1, 0.15) is 0 Å². The van der Waals surface area contributed by atoms with E-state index in [4.69, 9.17) is 0 Å². The highest BCUT2D eigenvalue weighted by Crippen LogP contribution is 2.19. The zero-order valence-electron chi connectivity index (χ0n) is 9.36. The third kappa shape index (κ3) is 1.91. The highest BCUT2D eigenvalue weighted by molar-refractivity contribution is 5.95. The Balaban J connectivity index is 2.25. The molecular weight excluding hydrogens is 204 g/mol. The second kappa shape index (κ2) is 3.96. The van der Waals surface area contributed by atoms with Gasteiger partial charge in [0.2, 0.25) is 5.91 Å². The van der Waals surface area contributed by atoms with Gasteiger partial charge in [0.25, 0.3) is 0 Å². The summed E-state index contributed by atoms with van der Waals surface area (Å²) in [7, 11) is 0. The molecule has 1 unspecified atom stereocenters. The van der Waals surface area contributed by atoms with Gasteiger partial charge in [-0.25, -0.2) is 0 Å². The molecule has 2 rings (SSSR count). The van der Waals surface area contributed by atoms with E-state index < -0.39 is 0 Å². The van der Waals surface area contributed by atoms with Gasteiger partial charge in [-0.15, -0.1) is 0 Å². The minimum Gasteiger partial charge on any atom is -0.295 e. The van der Waals surface area contributed by atoms with Crippen molar-refractivity contribution in [1.29, 1.82) is 0 Å². The second-order valence-corrected chi connectivity index (χ2v) is 4.09. The van der Waals surface area contributed by atoms with Crippen molar-refractivity contribution in [3.63, 3.8) is 0 Å². The zero-order valence-corrected chi connectivity index (χ0v) is 9.36. The monoisotopic (exact) mass is 218 g/mol. The number of Topliss-reactive ketones (excluding diaryl/α,β-unsaturated/α-hetero) is 1. The number of anilines is 1. The summed E-state index contributed by atoms with van der Waals surface area (Å²) < 4.78 is 0. The van der Waals surface area contributed by atoms with Crippen molar-refractivity contribution in [3.8, 4) is 0 Å². The van der Waals surface area contributed by atoms with Crippen LogP contribution in [0.3, 0.4) is 0 Å². The fraction of sp³-hybridized carbons (Fsp3) is 0.333. The molecule has 0 aliphatic carbocycles. The van der Waals surface area contributed by atoms with E-state index in [1.54, 1.807) is 17.1 Å². The standard InChI is InChI=1S/C12H14N2O2/c1-8-7-14(13-12(8)16)11-5-3-4-10(6-11)9(2)15/h3-6,8H,7H2,1-2H3,(H,13,16). The van der Waals surface area contributed by atoms with Gasteiger partial charge >= 0.3 is 0 Å². The Morgan fingerprint density at radius 3 is 2.81 bits per heavy atom. The number of amides is 1. The molecule has 1 amide bonds. The molecule has 84 valence electrons. The van der Waals surface area contributed by atoms with Gasteiger partial charge in [-0.1, -0.05) is 19.1 Å². The van der Waals surface area contributed by atoms with Crippen molar-refractivity contribution in [1.82, 2.24) is 5.43 Å². The van der Waals surface area contributed by atoms with Crippen molar-refractivity contribution >= 4 is 17.4 Å². The van der Waals surface area contributed by atoms with E-state index in [-0.39, 0.29) is 17.6 Å². The molecule has 1 aliphatic rings. The predicted octanol–water partition coefficient (Wildman–Crippen LogP) is 1.38. The smallest absolute Gasteiger partial charge is 0.243 e. The number of hydrazine groups is 1. The summed E-state index contributed by atoms with van der Waals surface area (Å²) in [5.74, 6) is 0.0367. The average molecular weight is 218 g/mol. The highest BCUT2D eigenvalue weighted by Gasteiger charge is 2.26. The van der Waals surface area contributed by atoms with Crippen LogP contribution in [0.15, 0.2) is 24.3 Å². The van der Waals surface area contributed by atoms with Crippen LogP contribution in [0.4, 0.5) is 5.69 Å². The molecule has 1 saturated heterocycles. The number of rotatable bonds is 2. The van der Waals surface area contributed by atoms with Gasteiger partial charge in [-0.05, 0) is 19.1 Å². The van der Waals surface area contributed by atoms with E-state index >= 15 is 0 Å². The van der Waals surface area contributed by atoms with Gasteiger partial charge in [-0.3, -0.25) is 20.0 Å². The van der Waals surface area contributed by atoms with E-state index in [0.717, 1.165) is 5.69 Å². The predicted molar refractivity (Wildman–Crippen MR) is 61.1 cm³/mol. The zero-order chi connectivity index (χ0) is 11.7. The van der Waals surface area contributed by atoms with E-state index in [9.17, 15) is 9.59 Å². The van der Waals surface area contributed by atoms with Crippen LogP contribution in [-0.2, 0) is 4.79 Å². The van der Waals surface area contributed by atoms with Crippen LogP contribution < -0.4 is 10.4 Å². The Labute approximate surface area is 94.2 Å². The number of hydrogen-bond donors (Lipinski definition) is 1. The molecule has 0 aromatic heterocycles. The van der Waals surface area contributed by atoms with Gasteiger partial charge in [0, 0.05) is 5.56 Å². The number of nitrogens with zero attached hydrogens (tertiary/aromatic N) is 1. The first-order valence-electron chi connectivity index (χ1n) is 5.27. The van der Waals surface area contributed by atoms with E-state index in [1.165, 1.54) is 6.92 Å². The Morgan fingerprint density at radius 2 is 2.25 bits per heavy atom. The Bertz CT molecular complexity index is 442. The van der Waals surface area contributed by atoms with Crippen molar-refractivity contribution in [2.24, 2.45) is 5.92 Å². The number of carbonyl (C=O) groups is 2. The van der Waals surface area contributed by atoms with Gasteiger partial charge in [0.05, 0.1) is 18.2 Å². The molecule has 4 heteroatoms. The molecule has 0 spiro atoms. The van der Waals surface area contributed by atoms with Crippen LogP contribution in [0.25, 0.3) is 0 Å². The summed E-state index contributed by atoms with van der Waals surface area (Å²) in [5.41, 5.74) is 4.28. The average Bonchev–Trinajstić information content (AvgIpc) is 2.59. The van der Waals surface area contributed by atoms with E-state index in [0.29, 0.717) is 12.1 Å². The third-order valence-electron chi connectivity index (χ3n) is 2.71. The minimum atomic E-state index is -0.0130.